The van der Waals surface area contributed by atoms with Crippen LogP contribution in [0.4, 0.5) is 5.95 Å². The van der Waals surface area contributed by atoms with E-state index in [-0.39, 0.29) is 5.91 Å². The molecule has 4 rings (SSSR count). The summed E-state index contributed by atoms with van der Waals surface area (Å²) in [6, 6.07) is 4.27. The van der Waals surface area contributed by atoms with Gasteiger partial charge in [0.1, 0.15) is 0 Å². The second kappa shape index (κ2) is 10.8. The molecule has 1 amide bonds. The van der Waals surface area contributed by atoms with Gasteiger partial charge in [-0.2, -0.15) is 0 Å². The Hall–Kier alpha value is -1.62. The van der Waals surface area contributed by atoms with E-state index in [2.05, 4.69) is 55.9 Å². The van der Waals surface area contributed by atoms with Crippen LogP contribution in [0.2, 0.25) is 0 Å². The van der Waals surface area contributed by atoms with Gasteiger partial charge in [0.05, 0.1) is 19.0 Å². The fraction of sp³-hybridized carbons (Fsp3) is 0.667. The molecule has 170 valence electrons. The largest absolute Gasteiger partial charge is 0.378 e. The van der Waals surface area contributed by atoms with Gasteiger partial charge in [0, 0.05) is 57.2 Å². The van der Waals surface area contributed by atoms with Gasteiger partial charge in [-0.15, -0.1) is 21.5 Å². The third kappa shape index (κ3) is 6.00. The van der Waals surface area contributed by atoms with Crippen LogP contribution < -0.4 is 4.90 Å². The fourth-order valence-corrected chi connectivity index (χ4v) is 5.50. The van der Waals surface area contributed by atoms with Crippen LogP contribution in [0.1, 0.15) is 18.7 Å². The summed E-state index contributed by atoms with van der Waals surface area (Å²) in [7, 11) is 0. The standard InChI is InChI=1S/C21H32N6O2S2/c1-17(2)14-27-20(26-9-11-29-12-10-26)22-23-21(27)31-16-19(28)25-7-5-24(6-8-25)15-18-4-3-13-30-18/h3-4,13,17H,5-12,14-16H2,1-2H3. The molecule has 0 aromatic carbocycles. The van der Waals surface area contributed by atoms with E-state index < -0.39 is 0 Å². The molecule has 4 heterocycles. The summed E-state index contributed by atoms with van der Waals surface area (Å²) < 4.78 is 7.65. The van der Waals surface area contributed by atoms with Gasteiger partial charge in [0.15, 0.2) is 5.16 Å². The number of thiophene rings is 1. The van der Waals surface area contributed by atoms with Crippen molar-refractivity contribution in [1.29, 1.82) is 0 Å². The highest BCUT2D eigenvalue weighted by Gasteiger charge is 2.24. The Kier molecular flexibility index (Phi) is 7.86. The Bertz CT molecular complexity index is 827. The van der Waals surface area contributed by atoms with E-state index in [0.717, 1.165) is 63.5 Å². The number of aromatic nitrogens is 3. The number of hydrogen-bond donors (Lipinski definition) is 0. The summed E-state index contributed by atoms with van der Waals surface area (Å²) in [5, 5.41) is 11.8. The Morgan fingerprint density at radius 1 is 1.16 bits per heavy atom. The van der Waals surface area contributed by atoms with Gasteiger partial charge in [-0.25, -0.2) is 0 Å². The molecule has 0 spiro atoms. The van der Waals surface area contributed by atoms with E-state index in [1.54, 1.807) is 11.3 Å². The molecule has 8 nitrogen and oxygen atoms in total. The average Bonchev–Trinajstić information content (AvgIpc) is 3.43. The maximum Gasteiger partial charge on any atom is 0.233 e. The van der Waals surface area contributed by atoms with Gasteiger partial charge in [-0.1, -0.05) is 31.7 Å². The molecule has 2 saturated heterocycles. The lowest BCUT2D eigenvalue weighted by atomic mass is 10.2. The van der Waals surface area contributed by atoms with Gasteiger partial charge in [0.25, 0.3) is 0 Å². The first-order chi connectivity index (χ1) is 15.1. The number of amides is 1. The highest BCUT2D eigenvalue weighted by molar-refractivity contribution is 7.99. The van der Waals surface area contributed by atoms with Crippen LogP contribution in [0.5, 0.6) is 0 Å². The van der Waals surface area contributed by atoms with Crippen molar-refractivity contribution in [3.63, 3.8) is 0 Å². The quantitative estimate of drug-likeness (QED) is 0.555. The molecular weight excluding hydrogens is 432 g/mol. The van der Waals surface area contributed by atoms with Crippen molar-refractivity contribution < 1.29 is 9.53 Å². The first kappa shape index (κ1) is 22.6. The smallest absolute Gasteiger partial charge is 0.233 e. The zero-order chi connectivity index (χ0) is 21.6. The molecule has 31 heavy (non-hydrogen) atoms. The molecule has 2 aromatic heterocycles. The molecule has 0 bridgehead atoms. The van der Waals surface area contributed by atoms with Gasteiger partial charge in [-0.3, -0.25) is 14.3 Å². The first-order valence-electron chi connectivity index (χ1n) is 11.0. The van der Waals surface area contributed by atoms with Crippen molar-refractivity contribution in [3.8, 4) is 0 Å². The van der Waals surface area contributed by atoms with Crippen molar-refractivity contribution >= 4 is 35.0 Å². The molecule has 2 aromatic rings. The Morgan fingerprint density at radius 2 is 1.94 bits per heavy atom. The molecule has 0 unspecified atom stereocenters. The Morgan fingerprint density at radius 3 is 2.61 bits per heavy atom. The number of piperazine rings is 1. The number of hydrogen-bond acceptors (Lipinski definition) is 8. The van der Waals surface area contributed by atoms with E-state index in [0.29, 0.717) is 24.9 Å². The van der Waals surface area contributed by atoms with E-state index >= 15 is 0 Å². The number of ether oxygens (including phenoxy) is 1. The minimum absolute atomic E-state index is 0.188. The van der Waals surface area contributed by atoms with Gasteiger partial charge < -0.3 is 14.5 Å². The molecule has 0 atom stereocenters. The highest BCUT2D eigenvalue weighted by atomic mass is 32.2. The lowest BCUT2D eigenvalue weighted by Gasteiger charge is -2.34. The zero-order valence-corrected chi connectivity index (χ0v) is 20.0. The lowest BCUT2D eigenvalue weighted by molar-refractivity contribution is -0.130. The van der Waals surface area contributed by atoms with E-state index in [1.165, 1.54) is 16.6 Å². The van der Waals surface area contributed by atoms with Crippen LogP contribution in [0.15, 0.2) is 22.7 Å². The minimum atomic E-state index is 0.188. The molecular formula is C21H32N6O2S2. The molecule has 0 saturated carbocycles. The number of carbonyl (C=O) groups excluding carboxylic acids is 1. The molecule has 10 heteroatoms. The lowest BCUT2D eigenvalue weighted by Crippen LogP contribution is -2.48. The predicted molar refractivity (Wildman–Crippen MR) is 125 cm³/mol. The molecule has 2 aliphatic rings. The van der Waals surface area contributed by atoms with Crippen molar-refractivity contribution in [2.45, 2.75) is 32.1 Å². The topological polar surface area (TPSA) is 66.7 Å². The van der Waals surface area contributed by atoms with E-state index in [9.17, 15) is 4.79 Å². The fourth-order valence-electron chi connectivity index (χ4n) is 3.91. The number of carbonyl (C=O) groups is 1. The molecule has 2 fully saturated rings. The van der Waals surface area contributed by atoms with Crippen LogP contribution in [-0.4, -0.2) is 88.7 Å². The van der Waals surface area contributed by atoms with Crippen LogP contribution in [0.3, 0.4) is 0 Å². The molecule has 0 aliphatic carbocycles. The SMILES string of the molecule is CC(C)Cn1c(SCC(=O)N2CCN(Cc3cccs3)CC2)nnc1N1CCOCC1. The van der Waals surface area contributed by atoms with Crippen LogP contribution >= 0.6 is 23.1 Å². The normalized spacial score (nSPS) is 18.2. The number of anilines is 1. The maximum absolute atomic E-state index is 12.8. The first-order valence-corrected chi connectivity index (χ1v) is 12.9. The number of rotatable bonds is 8. The summed E-state index contributed by atoms with van der Waals surface area (Å²) >= 11 is 3.30. The summed E-state index contributed by atoms with van der Waals surface area (Å²) in [6.45, 7) is 12.8. The van der Waals surface area contributed by atoms with E-state index in [1.807, 2.05) is 4.90 Å². The van der Waals surface area contributed by atoms with E-state index in [4.69, 9.17) is 4.74 Å². The molecule has 2 aliphatic heterocycles. The minimum Gasteiger partial charge on any atom is -0.378 e. The van der Waals surface area contributed by atoms with Crippen LogP contribution in [0, 0.1) is 5.92 Å². The number of thioether (sulfide) groups is 1. The predicted octanol–water partition coefficient (Wildman–Crippen LogP) is 2.27. The van der Waals surface area contributed by atoms with Gasteiger partial charge in [0.2, 0.25) is 11.9 Å². The van der Waals surface area contributed by atoms with Crippen molar-refractivity contribution in [2.75, 3.05) is 63.1 Å². The van der Waals surface area contributed by atoms with Crippen molar-refractivity contribution in [2.24, 2.45) is 5.92 Å². The van der Waals surface area contributed by atoms with Gasteiger partial charge in [-0.05, 0) is 17.4 Å². The second-order valence-electron chi connectivity index (χ2n) is 8.41. The summed E-state index contributed by atoms with van der Waals surface area (Å²) in [5.74, 6) is 1.97. The monoisotopic (exact) mass is 464 g/mol. The maximum atomic E-state index is 12.8. The summed E-state index contributed by atoms with van der Waals surface area (Å²) in [5.41, 5.74) is 0. The molecule has 0 N–H and O–H groups in total. The van der Waals surface area contributed by atoms with Crippen LogP contribution in [0.25, 0.3) is 0 Å². The van der Waals surface area contributed by atoms with Crippen molar-refractivity contribution in [3.05, 3.63) is 22.4 Å². The third-order valence-electron chi connectivity index (χ3n) is 5.55. The highest BCUT2D eigenvalue weighted by Crippen LogP contribution is 2.24. The van der Waals surface area contributed by atoms with Crippen molar-refractivity contribution in [1.82, 2.24) is 24.6 Å². The Labute approximate surface area is 192 Å². The second-order valence-corrected chi connectivity index (χ2v) is 10.4. The number of nitrogens with zero attached hydrogens (tertiary/aromatic N) is 6. The van der Waals surface area contributed by atoms with Gasteiger partial charge >= 0.3 is 0 Å². The summed E-state index contributed by atoms with van der Waals surface area (Å²) in [6.07, 6.45) is 0. The molecule has 0 radical (unpaired) electrons. The zero-order valence-electron chi connectivity index (χ0n) is 18.4. The number of morpholine rings is 1. The van der Waals surface area contributed by atoms with Crippen LogP contribution in [-0.2, 0) is 22.6 Å². The Balaban J connectivity index is 1.31. The summed E-state index contributed by atoms with van der Waals surface area (Å²) in [4.78, 5) is 20.9. The third-order valence-corrected chi connectivity index (χ3v) is 7.36. The average molecular weight is 465 g/mol.